The van der Waals surface area contributed by atoms with Gasteiger partial charge in [-0.1, -0.05) is 31.5 Å². The van der Waals surface area contributed by atoms with E-state index in [1.165, 1.54) is 12.8 Å². The van der Waals surface area contributed by atoms with E-state index in [1.807, 2.05) is 48.5 Å². The Hall–Kier alpha value is -1.81. The molecule has 0 heterocycles. The van der Waals surface area contributed by atoms with Gasteiger partial charge in [-0.3, -0.25) is 0 Å². The van der Waals surface area contributed by atoms with Crippen LogP contribution in [0.15, 0.2) is 63.7 Å². The topological polar surface area (TPSA) is 34.0 Å². The number of rotatable bonds is 7. The third kappa shape index (κ3) is 4.90. The molecule has 0 spiro atoms. The van der Waals surface area contributed by atoms with Crippen molar-refractivity contribution >= 4 is 23.1 Å². The van der Waals surface area contributed by atoms with E-state index < -0.39 is 0 Å². The van der Waals surface area contributed by atoms with Gasteiger partial charge in [-0.05, 0) is 42.5 Å². The van der Waals surface area contributed by atoms with Gasteiger partial charge in [0, 0.05) is 0 Å². The number of azo groups is 1. The van der Waals surface area contributed by atoms with Gasteiger partial charge < -0.3 is 4.74 Å². The lowest BCUT2D eigenvalue weighted by Crippen LogP contribution is -1.87. The van der Waals surface area contributed by atoms with Crippen LogP contribution in [0.3, 0.4) is 0 Å². The molecule has 2 aromatic carbocycles. The fourth-order valence-electron chi connectivity index (χ4n) is 1.78. The molecule has 0 aliphatic heterocycles. The monoisotopic (exact) mass is 300 g/mol. The van der Waals surface area contributed by atoms with Crippen LogP contribution in [0, 0.1) is 0 Å². The van der Waals surface area contributed by atoms with Crippen LogP contribution in [-0.2, 0) is 0 Å². The van der Waals surface area contributed by atoms with Crippen molar-refractivity contribution < 1.29 is 4.74 Å². The van der Waals surface area contributed by atoms with Crippen molar-refractivity contribution in [3.05, 3.63) is 48.5 Å². The quantitative estimate of drug-likeness (QED) is 0.357. The van der Waals surface area contributed by atoms with Crippen molar-refractivity contribution in [3.63, 3.8) is 0 Å². The first-order chi connectivity index (χ1) is 10.3. The Morgan fingerprint density at radius 1 is 1.00 bits per heavy atom. The maximum atomic E-state index is 5.40. The third-order valence-electron chi connectivity index (χ3n) is 2.94. The van der Waals surface area contributed by atoms with E-state index in [0.717, 1.165) is 27.8 Å². The molecule has 0 atom stereocenters. The molecule has 0 saturated carbocycles. The maximum absolute atomic E-state index is 5.40. The van der Waals surface area contributed by atoms with Gasteiger partial charge in [0.1, 0.15) is 5.75 Å². The summed E-state index contributed by atoms with van der Waals surface area (Å²) in [7, 11) is 1.70. The first kappa shape index (κ1) is 15.6. The number of thioether (sulfide) groups is 1. The zero-order valence-electron chi connectivity index (χ0n) is 12.5. The molecule has 21 heavy (non-hydrogen) atoms. The predicted molar refractivity (Wildman–Crippen MR) is 89.2 cm³/mol. The number of ether oxygens (including phenoxy) is 1. The molecule has 0 saturated heterocycles. The average molecular weight is 300 g/mol. The minimum atomic E-state index is 0.846. The number of benzene rings is 2. The van der Waals surface area contributed by atoms with Crippen LogP contribution >= 0.6 is 11.8 Å². The first-order valence-corrected chi connectivity index (χ1v) is 8.09. The average Bonchev–Trinajstić information content (AvgIpc) is 2.54. The SMILES string of the molecule is CCCCSc1cc(N=Nc2ccccc2)ccc1OC. The second-order valence-corrected chi connectivity index (χ2v) is 5.71. The number of hydrogen-bond donors (Lipinski definition) is 0. The van der Waals surface area contributed by atoms with Crippen LogP contribution in [0.5, 0.6) is 5.75 Å². The standard InChI is InChI=1S/C17H20N2OS/c1-3-4-12-21-17-13-15(10-11-16(17)20-2)19-18-14-8-6-5-7-9-14/h5-11,13H,3-4,12H2,1-2H3. The fraction of sp³-hybridized carbons (Fsp3) is 0.294. The normalized spacial score (nSPS) is 11.0. The molecule has 2 aromatic rings. The molecule has 0 aliphatic carbocycles. The third-order valence-corrected chi connectivity index (χ3v) is 4.06. The minimum Gasteiger partial charge on any atom is -0.496 e. The van der Waals surface area contributed by atoms with E-state index in [1.54, 1.807) is 18.9 Å². The molecule has 0 unspecified atom stereocenters. The molecule has 0 fully saturated rings. The van der Waals surface area contributed by atoms with E-state index >= 15 is 0 Å². The summed E-state index contributed by atoms with van der Waals surface area (Å²) in [5.41, 5.74) is 1.70. The molecule has 3 nitrogen and oxygen atoms in total. The Bertz CT molecular complexity index is 585. The highest BCUT2D eigenvalue weighted by atomic mass is 32.2. The predicted octanol–water partition coefficient (Wildman–Crippen LogP) is 6.00. The van der Waals surface area contributed by atoms with Gasteiger partial charge in [0.05, 0.1) is 23.4 Å². The van der Waals surface area contributed by atoms with Crippen molar-refractivity contribution in [1.29, 1.82) is 0 Å². The van der Waals surface area contributed by atoms with Crippen LogP contribution in [0.2, 0.25) is 0 Å². The van der Waals surface area contributed by atoms with E-state index in [0.29, 0.717) is 0 Å². The van der Waals surface area contributed by atoms with Crippen molar-refractivity contribution in [3.8, 4) is 5.75 Å². The Labute approximate surface area is 130 Å². The summed E-state index contributed by atoms with van der Waals surface area (Å²) in [6.07, 6.45) is 2.40. The summed E-state index contributed by atoms with van der Waals surface area (Å²) >= 11 is 1.81. The number of methoxy groups -OCH3 is 1. The summed E-state index contributed by atoms with van der Waals surface area (Å²) < 4.78 is 5.40. The molecular formula is C17H20N2OS. The van der Waals surface area contributed by atoms with Gasteiger partial charge in [-0.15, -0.1) is 11.8 Å². The van der Waals surface area contributed by atoms with Crippen LogP contribution in [0.25, 0.3) is 0 Å². The van der Waals surface area contributed by atoms with Gasteiger partial charge >= 0.3 is 0 Å². The zero-order valence-corrected chi connectivity index (χ0v) is 13.3. The van der Waals surface area contributed by atoms with Crippen molar-refractivity contribution in [2.75, 3.05) is 12.9 Å². The van der Waals surface area contributed by atoms with E-state index in [4.69, 9.17) is 4.74 Å². The highest BCUT2D eigenvalue weighted by Crippen LogP contribution is 2.33. The molecule has 4 heteroatoms. The lowest BCUT2D eigenvalue weighted by molar-refractivity contribution is 0.405. The first-order valence-electron chi connectivity index (χ1n) is 7.11. The molecule has 0 N–H and O–H groups in total. The molecule has 0 aliphatic rings. The molecule has 0 aromatic heterocycles. The molecule has 2 rings (SSSR count). The largest absolute Gasteiger partial charge is 0.496 e. The number of unbranched alkanes of at least 4 members (excludes halogenated alkanes) is 1. The molecule has 110 valence electrons. The minimum absolute atomic E-state index is 0.846. The van der Waals surface area contributed by atoms with Gasteiger partial charge in [0.2, 0.25) is 0 Å². The van der Waals surface area contributed by atoms with Gasteiger partial charge in [0.15, 0.2) is 0 Å². The van der Waals surface area contributed by atoms with E-state index in [9.17, 15) is 0 Å². The smallest absolute Gasteiger partial charge is 0.132 e. The highest BCUT2D eigenvalue weighted by Gasteiger charge is 2.05. The number of hydrogen-bond acceptors (Lipinski definition) is 4. The summed E-state index contributed by atoms with van der Waals surface area (Å²) in [6.45, 7) is 2.20. The zero-order chi connectivity index (χ0) is 14.9. The van der Waals surface area contributed by atoms with Crippen LogP contribution < -0.4 is 4.74 Å². The fourth-order valence-corrected chi connectivity index (χ4v) is 2.93. The van der Waals surface area contributed by atoms with Crippen molar-refractivity contribution in [2.45, 2.75) is 24.7 Å². The lowest BCUT2D eigenvalue weighted by atomic mass is 10.3. The maximum Gasteiger partial charge on any atom is 0.132 e. The van der Waals surface area contributed by atoms with Crippen LogP contribution in [-0.4, -0.2) is 12.9 Å². The van der Waals surface area contributed by atoms with E-state index in [-0.39, 0.29) is 0 Å². The molecule has 0 amide bonds. The van der Waals surface area contributed by atoms with Gasteiger partial charge in [-0.25, -0.2) is 0 Å². The Kier molecular flexibility index (Phi) is 6.28. The van der Waals surface area contributed by atoms with Crippen molar-refractivity contribution in [2.24, 2.45) is 10.2 Å². The van der Waals surface area contributed by atoms with Crippen LogP contribution in [0.1, 0.15) is 19.8 Å². The Morgan fingerprint density at radius 2 is 1.76 bits per heavy atom. The summed E-state index contributed by atoms with van der Waals surface area (Å²) in [4.78, 5) is 1.12. The van der Waals surface area contributed by atoms with Crippen molar-refractivity contribution in [1.82, 2.24) is 0 Å². The van der Waals surface area contributed by atoms with Gasteiger partial charge in [0.25, 0.3) is 0 Å². The Morgan fingerprint density at radius 3 is 2.48 bits per heavy atom. The summed E-state index contributed by atoms with van der Waals surface area (Å²) in [5.74, 6) is 1.99. The molecule has 0 bridgehead atoms. The summed E-state index contributed by atoms with van der Waals surface area (Å²) in [6, 6.07) is 15.7. The second kappa shape index (κ2) is 8.47. The molecule has 0 radical (unpaired) electrons. The van der Waals surface area contributed by atoms with Gasteiger partial charge in [-0.2, -0.15) is 10.2 Å². The Balaban J connectivity index is 2.13. The van der Waals surface area contributed by atoms with E-state index in [2.05, 4.69) is 17.2 Å². The highest BCUT2D eigenvalue weighted by molar-refractivity contribution is 7.99. The van der Waals surface area contributed by atoms with Crippen LogP contribution in [0.4, 0.5) is 11.4 Å². The summed E-state index contributed by atoms with van der Waals surface area (Å²) in [5, 5.41) is 8.54. The number of nitrogens with zero attached hydrogens (tertiary/aromatic N) is 2. The molecular weight excluding hydrogens is 280 g/mol. The lowest BCUT2D eigenvalue weighted by Gasteiger charge is -2.08. The second-order valence-electron chi connectivity index (χ2n) is 4.57.